The molecule has 1 atom stereocenters. The molecule has 3 N–H and O–H groups in total. The molecule has 0 aromatic heterocycles. The van der Waals surface area contributed by atoms with Crippen LogP contribution in [-0.2, 0) is 0 Å². The zero-order chi connectivity index (χ0) is 8.54. The molecule has 0 aromatic rings. The predicted molar refractivity (Wildman–Crippen MR) is 46.3 cm³/mol. The van der Waals surface area contributed by atoms with Gasteiger partial charge in [-0.2, -0.15) is 0 Å². The fraction of sp³-hybridized carbons (Fsp3) is 1.00. The van der Waals surface area contributed by atoms with E-state index in [0.29, 0.717) is 6.54 Å². The van der Waals surface area contributed by atoms with Gasteiger partial charge in [-0.05, 0) is 26.2 Å². The van der Waals surface area contributed by atoms with Crippen LogP contribution in [0.5, 0.6) is 0 Å². The Balaban J connectivity index is 2.56. The van der Waals surface area contributed by atoms with Gasteiger partial charge < -0.3 is 10.8 Å². The first-order valence-corrected chi connectivity index (χ1v) is 4.50. The molecule has 1 unspecified atom stereocenters. The van der Waals surface area contributed by atoms with E-state index in [4.69, 9.17) is 5.73 Å². The maximum Gasteiger partial charge on any atom is 0.0687 e. The summed E-state index contributed by atoms with van der Waals surface area (Å²) >= 11 is 0. The lowest BCUT2D eigenvalue weighted by Gasteiger charge is -2.32. The van der Waals surface area contributed by atoms with Crippen molar-refractivity contribution < 1.29 is 5.11 Å². The molecule has 0 aliphatic heterocycles. The molecule has 2 nitrogen and oxygen atoms in total. The van der Waals surface area contributed by atoms with E-state index in [-0.39, 0.29) is 5.41 Å². The van der Waals surface area contributed by atoms with E-state index in [1.807, 2.05) is 6.92 Å². The third-order valence-electron chi connectivity index (χ3n) is 3.12. The highest BCUT2D eigenvalue weighted by Gasteiger charge is 2.54. The van der Waals surface area contributed by atoms with E-state index in [9.17, 15) is 5.11 Å². The summed E-state index contributed by atoms with van der Waals surface area (Å²) < 4.78 is 0. The van der Waals surface area contributed by atoms with Gasteiger partial charge in [0.2, 0.25) is 0 Å². The summed E-state index contributed by atoms with van der Waals surface area (Å²) in [4.78, 5) is 0. The van der Waals surface area contributed by atoms with Gasteiger partial charge in [0.1, 0.15) is 0 Å². The average Bonchev–Trinajstić information content (AvgIpc) is 2.66. The van der Waals surface area contributed by atoms with Crippen molar-refractivity contribution >= 4 is 0 Å². The van der Waals surface area contributed by atoms with Crippen LogP contribution in [0.2, 0.25) is 0 Å². The molecule has 0 saturated heterocycles. The normalized spacial score (nSPS) is 26.2. The van der Waals surface area contributed by atoms with Gasteiger partial charge in [0.25, 0.3) is 0 Å². The summed E-state index contributed by atoms with van der Waals surface area (Å²) in [5.41, 5.74) is 5.18. The van der Waals surface area contributed by atoms with Crippen LogP contribution in [0.3, 0.4) is 0 Å². The molecule has 1 aliphatic carbocycles. The van der Waals surface area contributed by atoms with Crippen molar-refractivity contribution in [1.82, 2.24) is 0 Å². The van der Waals surface area contributed by atoms with E-state index >= 15 is 0 Å². The molecule has 66 valence electrons. The monoisotopic (exact) mass is 157 g/mol. The Morgan fingerprint density at radius 3 is 2.36 bits per heavy atom. The molecular formula is C9H19NO. The third kappa shape index (κ3) is 1.42. The molecule has 1 rings (SSSR count). The number of nitrogens with two attached hydrogens (primary N) is 1. The fourth-order valence-electron chi connectivity index (χ4n) is 1.87. The molecule has 0 aromatic carbocycles. The topological polar surface area (TPSA) is 46.2 Å². The van der Waals surface area contributed by atoms with Gasteiger partial charge in [-0.25, -0.2) is 0 Å². The van der Waals surface area contributed by atoms with E-state index < -0.39 is 5.60 Å². The van der Waals surface area contributed by atoms with Crippen LogP contribution in [0.15, 0.2) is 0 Å². The Morgan fingerprint density at radius 2 is 2.09 bits per heavy atom. The van der Waals surface area contributed by atoms with Gasteiger partial charge in [-0.1, -0.05) is 13.3 Å². The molecule has 1 saturated carbocycles. The SMILES string of the molecule is CCCC(C)(O)C1(CN)CC1. The second-order valence-electron chi connectivity index (χ2n) is 4.01. The van der Waals surface area contributed by atoms with Gasteiger partial charge >= 0.3 is 0 Å². The molecule has 0 spiro atoms. The zero-order valence-corrected chi connectivity index (χ0v) is 7.56. The minimum Gasteiger partial charge on any atom is -0.390 e. The van der Waals surface area contributed by atoms with Crippen molar-refractivity contribution in [1.29, 1.82) is 0 Å². The quantitative estimate of drug-likeness (QED) is 0.645. The molecule has 0 radical (unpaired) electrons. The first-order chi connectivity index (χ1) is 5.08. The van der Waals surface area contributed by atoms with E-state index in [2.05, 4.69) is 6.92 Å². The van der Waals surface area contributed by atoms with Crippen molar-refractivity contribution in [3.63, 3.8) is 0 Å². The zero-order valence-electron chi connectivity index (χ0n) is 7.56. The van der Waals surface area contributed by atoms with Crippen LogP contribution >= 0.6 is 0 Å². The van der Waals surface area contributed by atoms with Crippen molar-refractivity contribution in [3.8, 4) is 0 Å². The lowest BCUT2D eigenvalue weighted by Crippen LogP contribution is -2.40. The van der Waals surface area contributed by atoms with Crippen molar-refractivity contribution in [3.05, 3.63) is 0 Å². The summed E-state index contributed by atoms with van der Waals surface area (Å²) in [6.07, 6.45) is 4.13. The Morgan fingerprint density at radius 1 is 1.55 bits per heavy atom. The smallest absolute Gasteiger partial charge is 0.0687 e. The number of aliphatic hydroxyl groups is 1. The molecule has 0 bridgehead atoms. The van der Waals surface area contributed by atoms with Gasteiger partial charge in [0.15, 0.2) is 0 Å². The van der Waals surface area contributed by atoms with Crippen molar-refractivity contribution in [2.45, 2.75) is 45.1 Å². The maximum atomic E-state index is 10.0. The second kappa shape index (κ2) is 2.76. The molecule has 11 heavy (non-hydrogen) atoms. The van der Waals surface area contributed by atoms with E-state index in [0.717, 1.165) is 25.7 Å². The lowest BCUT2D eigenvalue weighted by molar-refractivity contribution is -0.0199. The molecule has 1 fully saturated rings. The standard InChI is InChI=1S/C9H19NO/c1-3-4-8(2,11)9(7-10)5-6-9/h11H,3-7,10H2,1-2H3. The van der Waals surface area contributed by atoms with Crippen molar-refractivity contribution in [2.24, 2.45) is 11.1 Å². The highest BCUT2D eigenvalue weighted by Crippen LogP contribution is 2.54. The van der Waals surface area contributed by atoms with Crippen LogP contribution in [-0.4, -0.2) is 17.3 Å². The molecule has 1 aliphatic rings. The van der Waals surface area contributed by atoms with Crippen LogP contribution in [0.1, 0.15) is 39.5 Å². The van der Waals surface area contributed by atoms with Crippen LogP contribution in [0.4, 0.5) is 0 Å². The van der Waals surface area contributed by atoms with Gasteiger partial charge in [0.05, 0.1) is 5.60 Å². The second-order valence-corrected chi connectivity index (χ2v) is 4.01. The minimum atomic E-state index is -0.517. The number of hydrogen-bond donors (Lipinski definition) is 2. The highest BCUT2D eigenvalue weighted by molar-refractivity contribution is 5.06. The average molecular weight is 157 g/mol. The van der Waals surface area contributed by atoms with Crippen LogP contribution in [0.25, 0.3) is 0 Å². The number of rotatable bonds is 4. The van der Waals surface area contributed by atoms with E-state index in [1.54, 1.807) is 0 Å². The highest BCUT2D eigenvalue weighted by atomic mass is 16.3. The maximum absolute atomic E-state index is 10.0. The van der Waals surface area contributed by atoms with Crippen molar-refractivity contribution in [2.75, 3.05) is 6.54 Å². The fourth-order valence-corrected chi connectivity index (χ4v) is 1.87. The number of hydrogen-bond acceptors (Lipinski definition) is 2. The summed E-state index contributed by atoms with van der Waals surface area (Å²) in [5, 5.41) is 10.0. The Labute approximate surface area is 68.8 Å². The van der Waals surface area contributed by atoms with Gasteiger partial charge in [0, 0.05) is 12.0 Å². The predicted octanol–water partition coefficient (Wildman–Crippen LogP) is 1.28. The summed E-state index contributed by atoms with van der Waals surface area (Å²) in [6, 6.07) is 0. The first-order valence-electron chi connectivity index (χ1n) is 4.50. The Hall–Kier alpha value is -0.0800. The Kier molecular flexibility index (Phi) is 2.26. The molecular weight excluding hydrogens is 138 g/mol. The van der Waals surface area contributed by atoms with Crippen LogP contribution in [0, 0.1) is 5.41 Å². The van der Waals surface area contributed by atoms with E-state index in [1.165, 1.54) is 0 Å². The third-order valence-corrected chi connectivity index (χ3v) is 3.12. The lowest BCUT2D eigenvalue weighted by atomic mass is 9.82. The first kappa shape index (κ1) is 9.01. The van der Waals surface area contributed by atoms with Gasteiger partial charge in [-0.3, -0.25) is 0 Å². The van der Waals surface area contributed by atoms with Gasteiger partial charge in [-0.15, -0.1) is 0 Å². The summed E-state index contributed by atoms with van der Waals surface area (Å²) in [7, 11) is 0. The molecule has 0 amide bonds. The molecule has 0 heterocycles. The van der Waals surface area contributed by atoms with Crippen LogP contribution < -0.4 is 5.73 Å². The summed E-state index contributed by atoms with van der Waals surface area (Å²) in [5.74, 6) is 0. The summed E-state index contributed by atoms with van der Waals surface area (Å²) in [6.45, 7) is 4.66. The minimum absolute atomic E-state index is 0.0724. The molecule has 2 heteroatoms. The Bertz CT molecular complexity index is 138. The largest absolute Gasteiger partial charge is 0.390 e.